The maximum Gasteiger partial charge on any atom is 0.193 e. The van der Waals surface area contributed by atoms with Crippen molar-refractivity contribution in [3.05, 3.63) is 64.4 Å². The number of thiazole rings is 1. The van der Waals surface area contributed by atoms with Crippen LogP contribution in [0.1, 0.15) is 21.7 Å². The van der Waals surface area contributed by atoms with Gasteiger partial charge in [-0.25, -0.2) is 13.8 Å². The number of aryl methyl sites for hydroxylation is 1. The molecule has 3 rings (SSSR count). The van der Waals surface area contributed by atoms with Gasteiger partial charge in [0.25, 0.3) is 0 Å². The van der Waals surface area contributed by atoms with Crippen molar-refractivity contribution in [2.45, 2.75) is 18.7 Å². The van der Waals surface area contributed by atoms with Crippen molar-refractivity contribution in [2.75, 3.05) is 5.75 Å². The van der Waals surface area contributed by atoms with Gasteiger partial charge in [-0.2, -0.15) is 0 Å². The summed E-state index contributed by atoms with van der Waals surface area (Å²) in [6.07, 6.45) is 1.71. The number of aromatic nitrogens is 2. The predicted octanol–water partition coefficient (Wildman–Crippen LogP) is 4.80. The van der Waals surface area contributed by atoms with Crippen molar-refractivity contribution in [1.29, 1.82) is 0 Å². The minimum atomic E-state index is -0.526. The number of hydrogen-bond acceptors (Lipinski definition) is 4. The lowest BCUT2D eigenvalue weighted by molar-refractivity contribution is 0.102. The molecule has 0 amide bonds. The Hall–Kier alpha value is -1.99. The van der Waals surface area contributed by atoms with E-state index in [9.17, 15) is 13.6 Å². The number of carbonyl (C=O) groups excluding carboxylic acids is 1. The van der Waals surface area contributed by atoms with Gasteiger partial charge in [-0.3, -0.25) is 9.36 Å². The zero-order valence-corrected chi connectivity index (χ0v) is 14.7. The minimum Gasteiger partial charge on any atom is -0.294 e. The van der Waals surface area contributed by atoms with Gasteiger partial charge < -0.3 is 0 Å². The highest BCUT2D eigenvalue weighted by molar-refractivity contribution is 8.00. The predicted molar refractivity (Wildman–Crippen MR) is 92.3 cm³/mol. The smallest absolute Gasteiger partial charge is 0.193 e. The second-order valence-electron chi connectivity index (χ2n) is 5.22. The first kappa shape index (κ1) is 16.9. The number of ketones is 1. The summed E-state index contributed by atoms with van der Waals surface area (Å²) in [4.78, 5) is 16.9. The third-order valence-corrected chi connectivity index (χ3v) is 5.38. The van der Waals surface area contributed by atoms with Gasteiger partial charge in [0.1, 0.15) is 11.6 Å². The molecule has 124 valence electrons. The van der Waals surface area contributed by atoms with Crippen LogP contribution in [-0.2, 0) is 0 Å². The van der Waals surface area contributed by atoms with Crippen LogP contribution in [0.4, 0.5) is 8.78 Å². The molecule has 0 aliphatic carbocycles. The summed E-state index contributed by atoms with van der Waals surface area (Å²) in [5.41, 5.74) is 2.28. The van der Waals surface area contributed by atoms with Gasteiger partial charge in [0, 0.05) is 33.4 Å². The van der Waals surface area contributed by atoms with E-state index < -0.39 is 11.6 Å². The summed E-state index contributed by atoms with van der Waals surface area (Å²) < 4.78 is 28.8. The van der Waals surface area contributed by atoms with Gasteiger partial charge in [-0.1, -0.05) is 0 Å². The Labute approximate surface area is 146 Å². The number of halogens is 2. The molecule has 0 bridgehead atoms. The number of benzene rings is 1. The topological polar surface area (TPSA) is 34.9 Å². The molecule has 2 aromatic heterocycles. The van der Waals surface area contributed by atoms with Crippen LogP contribution in [0, 0.1) is 25.5 Å². The number of nitrogens with zero attached hydrogens (tertiary/aromatic N) is 2. The maximum absolute atomic E-state index is 13.6. The van der Waals surface area contributed by atoms with Gasteiger partial charge in [0.05, 0.1) is 5.75 Å². The molecule has 0 saturated carbocycles. The lowest BCUT2D eigenvalue weighted by Gasteiger charge is -2.06. The highest BCUT2D eigenvalue weighted by atomic mass is 32.2. The first-order valence-corrected chi connectivity index (χ1v) is 9.03. The van der Waals surface area contributed by atoms with Crippen LogP contribution in [0.25, 0.3) is 5.13 Å². The van der Waals surface area contributed by atoms with Crippen LogP contribution >= 0.6 is 23.1 Å². The third kappa shape index (κ3) is 3.27. The van der Waals surface area contributed by atoms with Crippen LogP contribution < -0.4 is 0 Å². The van der Waals surface area contributed by atoms with Crippen molar-refractivity contribution in [3.63, 3.8) is 0 Å². The van der Waals surface area contributed by atoms with Gasteiger partial charge in [-0.05, 0) is 38.1 Å². The summed E-state index contributed by atoms with van der Waals surface area (Å²) in [5.74, 6) is -1.13. The van der Waals surface area contributed by atoms with Gasteiger partial charge >= 0.3 is 0 Å². The molecule has 3 nitrogen and oxygen atoms in total. The SMILES string of the molecule is Cc1cc(C(=O)CSc2cc(F)ccc2F)c(C)n1-c1nccs1. The Morgan fingerprint density at radius 3 is 2.79 bits per heavy atom. The van der Waals surface area contributed by atoms with Crippen molar-refractivity contribution >= 4 is 28.9 Å². The molecule has 0 unspecified atom stereocenters. The molecule has 0 spiro atoms. The summed E-state index contributed by atoms with van der Waals surface area (Å²) >= 11 is 2.49. The van der Waals surface area contributed by atoms with Crippen LogP contribution in [0.3, 0.4) is 0 Å². The molecule has 0 N–H and O–H groups in total. The lowest BCUT2D eigenvalue weighted by atomic mass is 10.2. The molecule has 0 atom stereocenters. The second kappa shape index (κ2) is 6.86. The fraction of sp³-hybridized carbons (Fsp3) is 0.176. The van der Waals surface area contributed by atoms with E-state index in [0.717, 1.165) is 46.5 Å². The van der Waals surface area contributed by atoms with Crippen molar-refractivity contribution in [2.24, 2.45) is 0 Å². The van der Waals surface area contributed by atoms with E-state index in [1.165, 1.54) is 11.3 Å². The standard InChI is InChI=1S/C17H14F2N2OS2/c1-10-7-13(11(2)21(10)17-20-5-6-23-17)15(22)9-24-16-8-12(18)3-4-14(16)19/h3-8H,9H2,1-2H3. The lowest BCUT2D eigenvalue weighted by Crippen LogP contribution is -2.05. The van der Waals surface area contributed by atoms with Crippen LogP contribution in [0.15, 0.2) is 40.7 Å². The zero-order valence-electron chi connectivity index (χ0n) is 13.0. The molecule has 0 saturated heterocycles. The Balaban J connectivity index is 1.81. The molecule has 24 heavy (non-hydrogen) atoms. The molecule has 0 aliphatic heterocycles. The number of hydrogen-bond donors (Lipinski definition) is 0. The highest BCUT2D eigenvalue weighted by Crippen LogP contribution is 2.26. The van der Waals surface area contributed by atoms with E-state index >= 15 is 0 Å². The normalized spacial score (nSPS) is 11.0. The molecule has 1 aromatic carbocycles. The Bertz CT molecular complexity index is 888. The van der Waals surface area contributed by atoms with E-state index in [-0.39, 0.29) is 16.4 Å². The van der Waals surface area contributed by atoms with Crippen LogP contribution in [0.2, 0.25) is 0 Å². The summed E-state index contributed by atoms with van der Waals surface area (Å²) in [5, 5.41) is 2.67. The van der Waals surface area contributed by atoms with Crippen molar-refractivity contribution in [3.8, 4) is 5.13 Å². The van der Waals surface area contributed by atoms with E-state index in [4.69, 9.17) is 0 Å². The number of thioether (sulfide) groups is 1. The molecule has 3 aromatic rings. The highest BCUT2D eigenvalue weighted by Gasteiger charge is 2.18. The van der Waals surface area contributed by atoms with Crippen molar-refractivity contribution < 1.29 is 13.6 Å². The van der Waals surface area contributed by atoms with E-state index in [2.05, 4.69) is 4.98 Å². The maximum atomic E-state index is 13.6. The first-order chi connectivity index (χ1) is 11.5. The van der Waals surface area contributed by atoms with Crippen molar-refractivity contribution in [1.82, 2.24) is 9.55 Å². The zero-order chi connectivity index (χ0) is 17.3. The summed E-state index contributed by atoms with van der Waals surface area (Å²) in [6, 6.07) is 5.03. The second-order valence-corrected chi connectivity index (χ2v) is 7.11. The number of rotatable bonds is 5. The van der Waals surface area contributed by atoms with Gasteiger partial charge in [-0.15, -0.1) is 23.1 Å². The monoisotopic (exact) mass is 364 g/mol. The van der Waals surface area contributed by atoms with Crippen LogP contribution in [0.5, 0.6) is 0 Å². The molecule has 2 heterocycles. The number of Topliss-reactive ketones (excluding diaryl/α,β-unsaturated/α-hetero) is 1. The fourth-order valence-electron chi connectivity index (χ4n) is 2.47. The van der Waals surface area contributed by atoms with E-state index in [0.29, 0.717) is 5.56 Å². The van der Waals surface area contributed by atoms with Gasteiger partial charge in [0.2, 0.25) is 0 Å². The quantitative estimate of drug-likeness (QED) is 0.482. The third-order valence-electron chi connectivity index (χ3n) is 3.59. The number of carbonyl (C=O) groups is 1. The molecule has 0 aliphatic rings. The Morgan fingerprint density at radius 2 is 2.08 bits per heavy atom. The molecule has 7 heteroatoms. The molecule has 0 fully saturated rings. The average Bonchev–Trinajstić information content (AvgIpc) is 3.16. The molecular weight excluding hydrogens is 350 g/mol. The van der Waals surface area contributed by atoms with Gasteiger partial charge in [0.15, 0.2) is 10.9 Å². The minimum absolute atomic E-state index is 0.0442. The summed E-state index contributed by atoms with van der Waals surface area (Å²) in [7, 11) is 0. The first-order valence-electron chi connectivity index (χ1n) is 7.17. The fourth-order valence-corrected chi connectivity index (χ4v) is 4.07. The molecule has 0 radical (unpaired) electrons. The molecular formula is C17H14F2N2OS2. The average molecular weight is 364 g/mol. The Morgan fingerprint density at radius 1 is 1.29 bits per heavy atom. The summed E-state index contributed by atoms with van der Waals surface area (Å²) in [6.45, 7) is 3.76. The van der Waals surface area contributed by atoms with Crippen LogP contribution in [-0.4, -0.2) is 21.1 Å². The van der Waals surface area contributed by atoms with E-state index in [1.807, 2.05) is 29.9 Å². The Kier molecular flexibility index (Phi) is 4.82. The van der Waals surface area contributed by atoms with E-state index in [1.54, 1.807) is 6.20 Å². The largest absolute Gasteiger partial charge is 0.294 e.